The Hall–Kier alpha value is -3.29. The molecule has 2 amide bonds. The third-order valence-electron chi connectivity index (χ3n) is 3.76. The summed E-state index contributed by atoms with van der Waals surface area (Å²) in [5, 5.41) is 16.3. The van der Waals surface area contributed by atoms with Crippen molar-refractivity contribution in [2.24, 2.45) is 0 Å². The molecule has 27 heavy (non-hydrogen) atoms. The number of non-ortho nitro benzene ring substituents is 1. The number of carbonyl (C=O) groups excluding carboxylic acids is 1. The van der Waals surface area contributed by atoms with Crippen LogP contribution >= 0.6 is 0 Å². The standard InChI is InChI=1S/C19H23N3O5/c1-3-4-5-12-20-19(23)21-14-6-11-17(26-2)18(13-14)27-16-9-7-15(8-10-16)22(24)25/h6-11,13H,3-5,12H2,1-2H3,(H2,20,21,23). The van der Waals surface area contributed by atoms with Gasteiger partial charge in [0.05, 0.1) is 12.0 Å². The molecule has 0 radical (unpaired) electrons. The first-order valence-corrected chi connectivity index (χ1v) is 8.68. The van der Waals surface area contributed by atoms with Gasteiger partial charge in [-0.05, 0) is 30.7 Å². The van der Waals surface area contributed by atoms with Gasteiger partial charge in [-0.2, -0.15) is 0 Å². The van der Waals surface area contributed by atoms with E-state index in [4.69, 9.17) is 9.47 Å². The van der Waals surface area contributed by atoms with Crippen LogP contribution in [0.15, 0.2) is 42.5 Å². The highest BCUT2D eigenvalue weighted by Crippen LogP contribution is 2.34. The van der Waals surface area contributed by atoms with Gasteiger partial charge in [0.15, 0.2) is 11.5 Å². The third-order valence-corrected chi connectivity index (χ3v) is 3.76. The molecule has 2 aromatic rings. The Balaban J connectivity index is 2.05. The minimum Gasteiger partial charge on any atom is -0.493 e. The van der Waals surface area contributed by atoms with Crippen molar-refractivity contribution < 1.29 is 19.2 Å². The summed E-state index contributed by atoms with van der Waals surface area (Å²) in [6, 6.07) is 10.4. The number of ether oxygens (including phenoxy) is 2. The molecule has 2 N–H and O–H groups in total. The molecule has 0 aliphatic rings. The second-order valence-electron chi connectivity index (χ2n) is 5.81. The van der Waals surface area contributed by atoms with Crippen LogP contribution in [0.2, 0.25) is 0 Å². The molecule has 0 bridgehead atoms. The Morgan fingerprint density at radius 1 is 1.11 bits per heavy atom. The summed E-state index contributed by atoms with van der Waals surface area (Å²) < 4.78 is 11.0. The molecule has 0 saturated heterocycles. The first-order valence-electron chi connectivity index (χ1n) is 8.68. The Kier molecular flexibility index (Phi) is 7.42. The van der Waals surface area contributed by atoms with Crippen LogP contribution in [0.4, 0.5) is 16.2 Å². The molecule has 2 rings (SSSR count). The maximum absolute atomic E-state index is 11.9. The molecule has 0 fully saturated rings. The highest BCUT2D eigenvalue weighted by molar-refractivity contribution is 5.89. The van der Waals surface area contributed by atoms with Crippen molar-refractivity contribution in [3.05, 3.63) is 52.6 Å². The lowest BCUT2D eigenvalue weighted by Gasteiger charge is -2.13. The number of nitro groups is 1. The predicted octanol–water partition coefficient (Wildman–Crippen LogP) is 4.71. The summed E-state index contributed by atoms with van der Waals surface area (Å²) in [6.45, 7) is 2.71. The first-order chi connectivity index (χ1) is 13.0. The van der Waals surface area contributed by atoms with Gasteiger partial charge in [0.25, 0.3) is 5.69 Å². The largest absolute Gasteiger partial charge is 0.493 e. The zero-order chi connectivity index (χ0) is 19.6. The van der Waals surface area contributed by atoms with E-state index in [9.17, 15) is 14.9 Å². The molecule has 0 unspecified atom stereocenters. The van der Waals surface area contributed by atoms with E-state index >= 15 is 0 Å². The highest BCUT2D eigenvalue weighted by Gasteiger charge is 2.11. The molecular weight excluding hydrogens is 350 g/mol. The number of rotatable bonds is 9. The van der Waals surface area contributed by atoms with Crippen LogP contribution in [0.25, 0.3) is 0 Å². The van der Waals surface area contributed by atoms with Crippen LogP contribution in [0.3, 0.4) is 0 Å². The van der Waals surface area contributed by atoms with Gasteiger partial charge in [-0.25, -0.2) is 4.79 Å². The number of hydrogen-bond acceptors (Lipinski definition) is 5. The van der Waals surface area contributed by atoms with Gasteiger partial charge >= 0.3 is 6.03 Å². The van der Waals surface area contributed by atoms with Gasteiger partial charge < -0.3 is 20.1 Å². The summed E-state index contributed by atoms with van der Waals surface area (Å²) in [7, 11) is 1.51. The van der Waals surface area contributed by atoms with E-state index < -0.39 is 4.92 Å². The van der Waals surface area contributed by atoms with E-state index in [2.05, 4.69) is 17.6 Å². The lowest BCUT2D eigenvalue weighted by Crippen LogP contribution is -2.29. The number of nitro benzene ring substituents is 1. The fraction of sp³-hybridized carbons (Fsp3) is 0.316. The topological polar surface area (TPSA) is 103 Å². The van der Waals surface area contributed by atoms with Crippen LogP contribution in [-0.2, 0) is 0 Å². The summed E-state index contributed by atoms with van der Waals surface area (Å²) in [5.41, 5.74) is 0.519. The fourth-order valence-corrected chi connectivity index (χ4v) is 2.35. The average Bonchev–Trinajstić information content (AvgIpc) is 2.66. The number of hydrogen-bond donors (Lipinski definition) is 2. The Morgan fingerprint density at radius 2 is 1.85 bits per heavy atom. The van der Waals surface area contributed by atoms with Crippen molar-refractivity contribution in [2.45, 2.75) is 26.2 Å². The van der Waals surface area contributed by atoms with Crippen molar-refractivity contribution >= 4 is 17.4 Å². The minimum atomic E-state index is -0.478. The molecule has 0 heterocycles. The van der Waals surface area contributed by atoms with Crippen LogP contribution in [0.1, 0.15) is 26.2 Å². The van der Waals surface area contributed by atoms with E-state index in [0.717, 1.165) is 19.3 Å². The fourth-order valence-electron chi connectivity index (χ4n) is 2.35. The zero-order valence-corrected chi connectivity index (χ0v) is 15.4. The monoisotopic (exact) mass is 373 g/mol. The molecule has 2 aromatic carbocycles. The smallest absolute Gasteiger partial charge is 0.319 e. The number of carbonyl (C=O) groups is 1. The summed E-state index contributed by atoms with van der Waals surface area (Å²) in [5.74, 6) is 1.28. The third kappa shape index (κ3) is 6.18. The zero-order valence-electron chi connectivity index (χ0n) is 15.4. The average molecular weight is 373 g/mol. The SMILES string of the molecule is CCCCCNC(=O)Nc1ccc(OC)c(Oc2ccc([N+](=O)[O-])cc2)c1. The van der Waals surface area contributed by atoms with Gasteiger partial charge in [-0.15, -0.1) is 0 Å². The highest BCUT2D eigenvalue weighted by atomic mass is 16.6. The molecule has 8 nitrogen and oxygen atoms in total. The van der Waals surface area contributed by atoms with Crippen LogP contribution in [-0.4, -0.2) is 24.6 Å². The van der Waals surface area contributed by atoms with E-state index in [1.54, 1.807) is 18.2 Å². The van der Waals surface area contributed by atoms with E-state index in [-0.39, 0.29) is 11.7 Å². The van der Waals surface area contributed by atoms with E-state index in [1.807, 2.05) is 0 Å². The van der Waals surface area contributed by atoms with Crippen molar-refractivity contribution in [1.29, 1.82) is 0 Å². The summed E-state index contributed by atoms with van der Waals surface area (Å²) in [6.07, 6.45) is 3.09. The van der Waals surface area contributed by atoms with Crippen molar-refractivity contribution in [2.75, 3.05) is 19.0 Å². The molecule has 0 aliphatic heterocycles. The minimum absolute atomic E-state index is 0.0236. The summed E-state index contributed by atoms with van der Waals surface area (Å²) >= 11 is 0. The lowest BCUT2D eigenvalue weighted by molar-refractivity contribution is -0.384. The van der Waals surface area contributed by atoms with Crippen molar-refractivity contribution in [3.8, 4) is 17.2 Å². The predicted molar refractivity (Wildman–Crippen MR) is 103 cm³/mol. The van der Waals surface area contributed by atoms with Crippen LogP contribution in [0.5, 0.6) is 17.2 Å². The van der Waals surface area contributed by atoms with Crippen molar-refractivity contribution in [3.63, 3.8) is 0 Å². The number of nitrogens with one attached hydrogen (secondary N) is 2. The molecule has 144 valence electrons. The Bertz CT molecular complexity index is 777. The molecular formula is C19H23N3O5. The number of unbranched alkanes of at least 4 members (excludes halogenated alkanes) is 2. The molecule has 0 saturated carbocycles. The normalized spacial score (nSPS) is 10.1. The number of anilines is 1. The van der Waals surface area contributed by atoms with E-state index in [1.165, 1.54) is 31.4 Å². The van der Waals surface area contributed by atoms with Gasteiger partial charge in [0.2, 0.25) is 0 Å². The Morgan fingerprint density at radius 3 is 2.48 bits per heavy atom. The molecule has 0 aliphatic carbocycles. The molecule has 0 atom stereocenters. The van der Waals surface area contributed by atoms with Gasteiger partial charge in [0.1, 0.15) is 5.75 Å². The first kappa shape index (κ1) is 20.0. The molecule has 0 spiro atoms. The molecule has 8 heteroatoms. The number of urea groups is 1. The number of amides is 2. The number of benzene rings is 2. The maximum atomic E-state index is 11.9. The van der Waals surface area contributed by atoms with E-state index in [0.29, 0.717) is 29.5 Å². The Labute approximate surface area is 157 Å². The molecule has 0 aromatic heterocycles. The van der Waals surface area contributed by atoms with Crippen molar-refractivity contribution in [1.82, 2.24) is 5.32 Å². The second-order valence-corrected chi connectivity index (χ2v) is 5.81. The quantitative estimate of drug-likeness (QED) is 0.376. The van der Waals surface area contributed by atoms with Gasteiger partial charge in [-0.3, -0.25) is 10.1 Å². The van der Waals surface area contributed by atoms with Gasteiger partial charge in [0, 0.05) is 30.4 Å². The summed E-state index contributed by atoms with van der Waals surface area (Å²) in [4.78, 5) is 22.2. The second kappa shape index (κ2) is 10.0. The van der Waals surface area contributed by atoms with Gasteiger partial charge in [-0.1, -0.05) is 19.8 Å². The lowest BCUT2D eigenvalue weighted by atomic mass is 10.2. The van der Waals surface area contributed by atoms with Crippen LogP contribution in [0, 0.1) is 10.1 Å². The van der Waals surface area contributed by atoms with Crippen LogP contribution < -0.4 is 20.1 Å². The maximum Gasteiger partial charge on any atom is 0.319 e. The number of nitrogens with zero attached hydrogens (tertiary/aromatic N) is 1. The number of methoxy groups -OCH3 is 1.